The van der Waals surface area contributed by atoms with E-state index in [-0.39, 0.29) is 5.91 Å². The Morgan fingerprint density at radius 1 is 1.41 bits per heavy atom. The Labute approximate surface area is 98.5 Å². The van der Waals surface area contributed by atoms with Gasteiger partial charge in [0.05, 0.1) is 5.69 Å². The first-order valence-electron chi connectivity index (χ1n) is 5.10. The normalized spacial score (nSPS) is 18.5. The Bertz CT molecular complexity index is 496. The van der Waals surface area contributed by atoms with Gasteiger partial charge in [-0.05, 0) is 17.7 Å². The Morgan fingerprint density at radius 3 is 2.82 bits per heavy atom. The van der Waals surface area contributed by atoms with Gasteiger partial charge in [-0.2, -0.15) is 0 Å². The number of carbonyl (C=O) groups is 2. The first kappa shape index (κ1) is 11.2. The molecule has 0 aliphatic carbocycles. The number of para-hydroxylation sites is 1. The molecule has 1 heterocycles. The van der Waals surface area contributed by atoms with Crippen molar-refractivity contribution in [2.24, 2.45) is 5.73 Å². The predicted molar refractivity (Wildman–Crippen MR) is 63.3 cm³/mol. The van der Waals surface area contributed by atoms with Crippen LogP contribution in [0, 0.1) is 0 Å². The number of anilines is 1. The van der Waals surface area contributed by atoms with E-state index in [1.54, 1.807) is 13.1 Å². The van der Waals surface area contributed by atoms with Gasteiger partial charge in [-0.25, -0.2) is 4.79 Å². The molecule has 1 aromatic rings. The molecule has 5 heteroatoms. The van der Waals surface area contributed by atoms with Crippen LogP contribution in [0.2, 0.25) is 0 Å². The minimum Gasteiger partial charge on any atom is -0.432 e. The maximum absolute atomic E-state index is 12.0. The summed E-state index contributed by atoms with van der Waals surface area (Å²) in [5.74, 6) is -0.329. The molecule has 1 aromatic carbocycles. The van der Waals surface area contributed by atoms with Crippen molar-refractivity contribution in [3.8, 4) is 0 Å². The van der Waals surface area contributed by atoms with Crippen LogP contribution in [0.3, 0.4) is 0 Å². The summed E-state index contributed by atoms with van der Waals surface area (Å²) in [6.07, 6.45) is 1.33. The molecule has 2 amide bonds. The third kappa shape index (κ3) is 2.13. The molecule has 17 heavy (non-hydrogen) atoms. The predicted octanol–water partition coefficient (Wildman–Crippen LogP) is 1.14. The van der Waals surface area contributed by atoms with Crippen LogP contribution in [0.25, 0.3) is 6.08 Å². The Kier molecular flexibility index (Phi) is 2.82. The van der Waals surface area contributed by atoms with Crippen molar-refractivity contribution in [3.63, 3.8) is 0 Å². The summed E-state index contributed by atoms with van der Waals surface area (Å²) in [6, 6.07) is 7.41. The fraction of sp³-hybridized carbons (Fsp3) is 0.167. The Balaban J connectivity index is 2.38. The first-order chi connectivity index (χ1) is 8.09. The molecule has 0 spiro atoms. The number of amides is 2. The smallest absolute Gasteiger partial charge is 0.405 e. The van der Waals surface area contributed by atoms with Crippen LogP contribution in [0.15, 0.2) is 30.3 Å². The van der Waals surface area contributed by atoms with Crippen LogP contribution >= 0.6 is 0 Å². The number of nitrogens with two attached hydrogens (primary N) is 1. The average Bonchev–Trinajstić information content (AvgIpc) is 2.42. The highest BCUT2D eigenvalue weighted by Gasteiger charge is 2.26. The lowest BCUT2D eigenvalue weighted by molar-refractivity contribution is -0.124. The highest BCUT2D eigenvalue weighted by molar-refractivity contribution is 6.01. The molecule has 0 saturated carbocycles. The summed E-state index contributed by atoms with van der Waals surface area (Å²) in [7, 11) is 1.63. The highest BCUT2D eigenvalue weighted by atomic mass is 16.6. The third-order valence-corrected chi connectivity index (χ3v) is 2.57. The Morgan fingerprint density at radius 2 is 2.12 bits per heavy atom. The summed E-state index contributed by atoms with van der Waals surface area (Å²) < 4.78 is 4.75. The number of ether oxygens (including phenoxy) is 1. The summed E-state index contributed by atoms with van der Waals surface area (Å²) in [5.41, 5.74) is 6.58. The maximum Gasteiger partial charge on any atom is 0.405 e. The number of fused-ring (bicyclic) bond motifs is 1. The van der Waals surface area contributed by atoms with Crippen molar-refractivity contribution in [2.75, 3.05) is 11.9 Å². The summed E-state index contributed by atoms with van der Waals surface area (Å²) in [4.78, 5) is 24.1. The molecule has 1 aliphatic rings. The number of primary amides is 1. The Hall–Kier alpha value is -2.30. The van der Waals surface area contributed by atoms with E-state index < -0.39 is 12.2 Å². The van der Waals surface area contributed by atoms with Gasteiger partial charge in [-0.15, -0.1) is 0 Å². The third-order valence-electron chi connectivity index (χ3n) is 2.57. The topological polar surface area (TPSA) is 72.6 Å². The van der Waals surface area contributed by atoms with Gasteiger partial charge in [0.25, 0.3) is 5.91 Å². The number of hydrogen-bond donors (Lipinski definition) is 1. The molecule has 0 aromatic heterocycles. The summed E-state index contributed by atoms with van der Waals surface area (Å²) >= 11 is 0. The maximum atomic E-state index is 12.0. The van der Waals surface area contributed by atoms with Gasteiger partial charge in [-0.3, -0.25) is 4.79 Å². The second-order valence-electron chi connectivity index (χ2n) is 3.67. The molecule has 2 rings (SSSR count). The van der Waals surface area contributed by atoms with Gasteiger partial charge in [0.2, 0.25) is 6.10 Å². The lowest BCUT2D eigenvalue weighted by Crippen LogP contribution is -2.38. The molecule has 0 saturated heterocycles. The van der Waals surface area contributed by atoms with E-state index in [9.17, 15) is 9.59 Å². The van der Waals surface area contributed by atoms with E-state index in [0.29, 0.717) is 0 Å². The van der Waals surface area contributed by atoms with E-state index in [1.807, 2.05) is 24.3 Å². The molecule has 5 nitrogen and oxygen atoms in total. The molecular weight excluding hydrogens is 220 g/mol. The monoisotopic (exact) mass is 232 g/mol. The number of rotatable bonds is 1. The van der Waals surface area contributed by atoms with Gasteiger partial charge >= 0.3 is 6.09 Å². The number of carbonyl (C=O) groups excluding carboxylic acids is 2. The van der Waals surface area contributed by atoms with Crippen molar-refractivity contribution in [3.05, 3.63) is 35.9 Å². The van der Waals surface area contributed by atoms with Crippen molar-refractivity contribution >= 4 is 23.8 Å². The molecular formula is C12H12N2O3. The second-order valence-corrected chi connectivity index (χ2v) is 3.67. The number of benzene rings is 1. The fourth-order valence-electron chi connectivity index (χ4n) is 1.73. The van der Waals surface area contributed by atoms with Crippen LogP contribution in [0.4, 0.5) is 10.5 Å². The van der Waals surface area contributed by atoms with Crippen LogP contribution in [0.1, 0.15) is 5.56 Å². The zero-order valence-corrected chi connectivity index (χ0v) is 9.29. The van der Waals surface area contributed by atoms with E-state index in [1.165, 1.54) is 11.0 Å². The average molecular weight is 232 g/mol. The molecule has 1 unspecified atom stereocenters. The standard InChI is InChI=1S/C12H12N2O3/c1-14-9-5-3-2-4-8(9)6-7-10(11(14)15)17-12(13)16/h2-7,10H,1H3,(H2,13,16). The molecule has 88 valence electrons. The van der Waals surface area contributed by atoms with Gasteiger partial charge in [-0.1, -0.05) is 24.3 Å². The number of hydrogen-bond acceptors (Lipinski definition) is 3. The van der Waals surface area contributed by atoms with Crippen LogP contribution in [-0.4, -0.2) is 25.2 Å². The van der Waals surface area contributed by atoms with Crippen molar-refractivity contribution < 1.29 is 14.3 Å². The minimum atomic E-state index is -0.968. The zero-order valence-electron chi connectivity index (χ0n) is 9.29. The lowest BCUT2D eigenvalue weighted by atomic mass is 10.1. The number of likely N-dealkylation sites (N-methyl/N-ethyl adjacent to an activating group) is 1. The molecule has 1 atom stereocenters. The second kappa shape index (κ2) is 4.29. The SMILES string of the molecule is CN1C(=O)C(OC(N)=O)C=Cc2ccccc21. The van der Waals surface area contributed by atoms with Crippen LogP contribution < -0.4 is 10.6 Å². The van der Waals surface area contributed by atoms with Gasteiger partial charge in [0.1, 0.15) is 0 Å². The van der Waals surface area contributed by atoms with Crippen molar-refractivity contribution in [2.45, 2.75) is 6.10 Å². The molecule has 1 aliphatic heterocycles. The minimum absolute atomic E-state index is 0.329. The highest BCUT2D eigenvalue weighted by Crippen LogP contribution is 2.25. The largest absolute Gasteiger partial charge is 0.432 e. The van der Waals surface area contributed by atoms with E-state index in [2.05, 4.69) is 0 Å². The number of nitrogens with zero attached hydrogens (tertiary/aromatic N) is 1. The van der Waals surface area contributed by atoms with Crippen LogP contribution in [0.5, 0.6) is 0 Å². The molecule has 0 radical (unpaired) electrons. The fourth-order valence-corrected chi connectivity index (χ4v) is 1.73. The van der Waals surface area contributed by atoms with Gasteiger partial charge in [0.15, 0.2) is 0 Å². The van der Waals surface area contributed by atoms with Gasteiger partial charge < -0.3 is 15.4 Å². The summed E-state index contributed by atoms with van der Waals surface area (Å²) in [5, 5.41) is 0. The van der Waals surface area contributed by atoms with E-state index in [0.717, 1.165) is 11.3 Å². The molecule has 2 N–H and O–H groups in total. The van der Waals surface area contributed by atoms with Crippen molar-refractivity contribution in [1.82, 2.24) is 0 Å². The van der Waals surface area contributed by atoms with Gasteiger partial charge in [0, 0.05) is 7.05 Å². The molecule has 0 fully saturated rings. The van der Waals surface area contributed by atoms with Crippen molar-refractivity contribution in [1.29, 1.82) is 0 Å². The van der Waals surface area contributed by atoms with Crippen LogP contribution in [-0.2, 0) is 9.53 Å². The lowest BCUT2D eigenvalue weighted by Gasteiger charge is -2.20. The van der Waals surface area contributed by atoms with E-state index >= 15 is 0 Å². The molecule has 0 bridgehead atoms. The zero-order chi connectivity index (χ0) is 12.4. The van der Waals surface area contributed by atoms with E-state index in [4.69, 9.17) is 10.5 Å². The first-order valence-corrected chi connectivity index (χ1v) is 5.10. The quantitative estimate of drug-likeness (QED) is 0.789. The summed E-state index contributed by atoms with van der Waals surface area (Å²) in [6.45, 7) is 0.